The molecule has 5 heterocycles. The molecule has 38 heavy (non-hydrogen) atoms. The van der Waals surface area contributed by atoms with Gasteiger partial charge in [-0.1, -0.05) is 0 Å². The fraction of sp³-hybridized carbons (Fsp3) is 0.318. The molecule has 1 aliphatic rings. The summed E-state index contributed by atoms with van der Waals surface area (Å²) in [6.45, 7) is 3.81. The molecule has 0 aromatic carbocycles. The van der Waals surface area contributed by atoms with Gasteiger partial charge in [0.05, 0.1) is 12.6 Å². The maximum atomic E-state index is 12.3. The number of aromatic amines is 2. The normalized spacial score (nSPS) is 13.2. The van der Waals surface area contributed by atoms with Crippen molar-refractivity contribution in [1.29, 1.82) is 5.26 Å². The second-order valence-corrected chi connectivity index (χ2v) is 8.37. The third-order valence-electron chi connectivity index (χ3n) is 5.80. The molecule has 0 radical (unpaired) electrons. The summed E-state index contributed by atoms with van der Waals surface area (Å²) in [5, 5.41) is 25.5. The third kappa shape index (κ3) is 4.97. The lowest BCUT2D eigenvalue weighted by atomic mass is 10.2. The van der Waals surface area contributed by atoms with E-state index < -0.39 is 11.4 Å². The summed E-state index contributed by atoms with van der Waals surface area (Å²) >= 11 is 0. The van der Waals surface area contributed by atoms with Crippen molar-refractivity contribution in [3.63, 3.8) is 0 Å². The summed E-state index contributed by atoms with van der Waals surface area (Å²) in [7, 11) is 1.75. The van der Waals surface area contributed by atoms with E-state index >= 15 is 0 Å². The number of aryl methyl sites for hydroxylation is 1. The summed E-state index contributed by atoms with van der Waals surface area (Å²) in [4.78, 5) is 51.2. The number of nitrogens with one attached hydrogen (secondary N) is 3. The highest BCUT2D eigenvalue weighted by Gasteiger charge is 2.19. The van der Waals surface area contributed by atoms with Crippen LogP contribution in [-0.4, -0.2) is 64.8 Å². The van der Waals surface area contributed by atoms with Crippen LogP contribution >= 0.6 is 0 Å². The van der Waals surface area contributed by atoms with Crippen molar-refractivity contribution in [2.24, 2.45) is 10.2 Å². The number of aromatic nitrogens is 9. The van der Waals surface area contributed by atoms with E-state index in [1.165, 1.54) is 6.20 Å². The van der Waals surface area contributed by atoms with Crippen molar-refractivity contribution in [2.75, 3.05) is 30.4 Å². The predicted octanol–water partition coefficient (Wildman–Crippen LogP) is 1.05. The van der Waals surface area contributed by atoms with Crippen molar-refractivity contribution < 1.29 is 0 Å². The molecular formula is C22H22N14O2. The van der Waals surface area contributed by atoms with E-state index in [9.17, 15) is 14.9 Å². The summed E-state index contributed by atoms with van der Waals surface area (Å²) in [5.41, 5.74) is 0.137. The van der Waals surface area contributed by atoms with Crippen LogP contribution in [0.1, 0.15) is 35.6 Å². The number of anilines is 2. The molecule has 16 heteroatoms. The Kier molecular flexibility index (Phi) is 6.63. The fourth-order valence-electron chi connectivity index (χ4n) is 4.00. The molecule has 0 aliphatic carbocycles. The zero-order valence-corrected chi connectivity index (χ0v) is 20.5. The third-order valence-corrected chi connectivity index (χ3v) is 5.80. The first kappa shape index (κ1) is 24.4. The van der Waals surface area contributed by atoms with E-state index in [2.05, 4.69) is 55.4 Å². The summed E-state index contributed by atoms with van der Waals surface area (Å²) < 4.78 is 1.14. The molecule has 5 rings (SSSR count). The Hall–Kier alpha value is -5.33. The van der Waals surface area contributed by atoms with Crippen LogP contribution in [0.15, 0.2) is 38.4 Å². The minimum Gasteiger partial charge on any atom is -0.371 e. The lowest BCUT2D eigenvalue weighted by molar-refractivity contribution is 0.744. The number of rotatable bonds is 7. The SMILES string of the molecule is CNc1nc(N2CCCC2)cc(C)c1N=Nc1c(C#N)cnn1-c1nc(Cc2ncnc(=O)[nH]2)[nH]c(=O)n1. The number of hydrogen-bond donors (Lipinski definition) is 3. The Morgan fingerprint density at radius 1 is 1.08 bits per heavy atom. The van der Waals surface area contributed by atoms with Gasteiger partial charge in [0.1, 0.15) is 41.1 Å². The average molecular weight is 515 g/mol. The van der Waals surface area contributed by atoms with Gasteiger partial charge in [-0.2, -0.15) is 30.0 Å². The Bertz CT molecular complexity index is 1670. The molecular weight excluding hydrogens is 492 g/mol. The summed E-state index contributed by atoms with van der Waals surface area (Å²) in [6.07, 6.45) is 4.63. The number of nitriles is 1. The first-order chi connectivity index (χ1) is 18.4. The second-order valence-electron chi connectivity index (χ2n) is 8.37. The van der Waals surface area contributed by atoms with Gasteiger partial charge in [-0.25, -0.2) is 19.6 Å². The van der Waals surface area contributed by atoms with E-state index in [0.29, 0.717) is 11.5 Å². The van der Waals surface area contributed by atoms with Crippen LogP contribution < -0.4 is 21.6 Å². The van der Waals surface area contributed by atoms with Crippen molar-refractivity contribution >= 4 is 23.1 Å². The number of azo groups is 1. The quantitative estimate of drug-likeness (QED) is 0.296. The van der Waals surface area contributed by atoms with Crippen molar-refractivity contribution in [1.82, 2.24) is 44.7 Å². The maximum absolute atomic E-state index is 12.3. The molecule has 0 bridgehead atoms. The number of H-pyrrole nitrogens is 2. The van der Waals surface area contributed by atoms with Gasteiger partial charge < -0.3 is 10.2 Å². The number of nitrogens with zero attached hydrogens (tertiary/aromatic N) is 11. The number of pyridine rings is 1. The van der Waals surface area contributed by atoms with Crippen LogP contribution in [0.25, 0.3) is 5.95 Å². The van der Waals surface area contributed by atoms with Crippen LogP contribution in [0, 0.1) is 18.3 Å². The van der Waals surface area contributed by atoms with Crippen LogP contribution in [0.3, 0.4) is 0 Å². The predicted molar refractivity (Wildman–Crippen MR) is 134 cm³/mol. The van der Waals surface area contributed by atoms with Gasteiger partial charge >= 0.3 is 11.4 Å². The fourth-order valence-corrected chi connectivity index (χ4v) is 4.00. The molecule has 1 fully saturated rings. The Labute approximate surface area is 214 Å². The first-order valence-corrected chi connectivity index (χ1v) is 11.7. The zero-order chi connectivity index (χ0) is 26.6. The van der Waals surface area contributed by atoms with Crippen LogP contribution in [0.2, 0.25) is 0 Å². The van der Waals surface area contributed by atoms with E-state index in [4.69, 9.17) is 4.98 Å². The molecule has 16 nitrogen and oxygen atoms in total. The molecule has 0 atom stereocenters. The molecule has 0 amide bonds. The molecule has 3 N–H and O–H groups in total. The van der Waals surface area contributed by atoms with E-state index in [1.54, 1.807) is 7.05 Å². The van der Waals surface area contributed by atoms with E-state index in [-0.39, 0.29) is 35.4 Å². The maximum Gasteiger partial charge on any atom is 0.349 e. The van der Waals surface area contributed by atoms with E-state index in [0.717, 1.165) is 48.3 Å². The lowest BCUT2D eigenvalue weighted by Crippen LogP contribution is -2.21. The Morgan fingerprint density at radius 2 is 1.87 bits per heavy atom. The van der Waals surface area contributed by atoms with Gasteiger partial charge in [0, 0.05) is 20.1 Å². The average Bonchev–Trinajstić information content (AvgIpc) is 3.57. The van der Waals surface area contributed by atoms with Crippen LogP contribution in [-0.2, 0) is 6.42 Å². The molecule has 0 spiro atoms. The molecule has 4 aromatic heterocycles. The molecule has 1 saturated heterocycles. The smallest absolute Gasteiger partial charge is 0.349 e. The molecule has 192 valence electrons. The van der Waals surface area contributed by atoms with Gasteiger partial charge in [-0.3, -0.25) is 9.97 Å². The van der Waals surface area contributed by atoms with Crippen molar-refractivity contribution in [3.05, 3.63) is 62.3 Å². The van der Waals surface area contributed by atoms with Gasteiger partial charge in [0.2, 0.25) is 0 Å². The van der Waals surface area contributed by atoms with E-state index in [1.807, 2.05) is 19.1 Å². The molecule has 0 unspecified atom stereocenters. The Balaban J connectivity index is 1.51. The standard InChI is InChI=1S/C22H22N14O2/c1-12-7-16(35-5-3-4-6-35)31-18(24-2)17(12)33-34-19-13(9-23)10-27-36(19)20-28-15(30-22(38)32-20)8-14-25-11-26-21(37)29-14/h7,10-11H,3-6,8H2,1-2H3,(H,24,31)(H,25,26,29,37)(H,28,30,32,38). The summed E-state index contributed by atoms with van der Waals surface area (Å²) in [6, 6.07) is 3.96. The highest BCUT2D eigenvalue weighted by atomic mass is 16.1. The lowest BCUT2D eigenvalue weighted by Gasteiger charge is -2.19. The summed E-state index contributed by atoms with van der Waals surface area (Å²) in [5.74, 6) is 1.69. The minimum atomic E-state index is -0.715. The van der Waals surface area contributed by atoms with Gasteiger partial charge in [-0.15, -0.1) is 10.2 Å². The van der Waals surface area contributed by atoms with Gasteiger partial charge in [-0.05, 0) is 31.4 Å². The number of hydrogen-bond acceptors (Lipinski definition) is 13. The second kappa shape index (κ2) is 10.3. The monoisotopic (exact) mass is 514 g/mol. The topological polar surface area (TPSA) is 212 Å². The highest BCUT2D eigenvalue weighted by Crippen LogP contribution is 2.33. The minimum absolute atomic E-state index is 0.00843. The van der Waals surface area contributed by atoms with Crippen molar-refractivity contribution in [3.8, 4) is 12.0 Å². The van der Waals surface area contributed by atoms with Gasteiger partial charge in [0.15, 0.2) is 11.6 Å². The zero-order valence-electron chi connectivity index (χ0n) is 20.5. The van der Waals surface area contributed by atoms with Crippen LogP contribution in [0.5, 0.6) is 0 Å². The molecule has 0 saturated carbocycles. The Morgan fingerprint density at radius 3 is 2.61 bits per heavy atom. The van der Waals surface area contributed by atoms with Crippen molar-refractivity contribution in [2.45, 2.75) is 26.2 Å². The van der Waals surface area contributed by atoms with Gasteiger partial charge in [0.25, 0.3) is 5.95 Å². The first-order valence-electron chi connectivity index (χ1n) is 11.7. The largest absolute Gasteiger partial charge is 0.371 e. The molecule has 1 aliphatic heterocycles. The molecule has 4 aromatic rings. The van der Waals surface area contributed by atoms with Crippen LogP contribution in [0.4, 0.5) is 23.1 Å². The highest BCUT2D eigenvalue weighted by molar-refractivity contribution is 5.68.